The van der Waals surface area contributed by atoms with E-state index in [1.54, 1.807) is 6.92 Å². The normalized spacial score (nSPS) is 16.3. The number of carbonyl (C=O) groups excluding carboxylic acids is 1. The van der Waals surface area contributed by atoms with Crippen molar-refractivity contribution in [3.05, 3.63) is 17.8 Å². The van der Waals surface area contributed by atoms with Crippen LogP contribution >= 0.6 is 0 Å². The Labute approximate surface area is 110 Å². The Hall–Kier alpha value is -1.89. The number of hydrogen-bond acceptors (Lipinski definition) is 5. The van der Waals surface area contributed by atoms with Crippen LogP contribution in [-0.4, -0.2) is 51.6 Å². The summed E-state index contributed by atoms with van der Waals surface area (Å²) in [5.74, 6) is 0.434. The third-order valence-electron chi connectivity index (χ3n) is 3.47. The minimum absolute atomic E-state index is 0.205. The molecule has 0 unspecified atom stereocenters. The minimum atomic E-state index is -0.205. The van der Waals surface area contributed by atoms with Crippen molar-refractivity contribution in [1.29, 1.82) is 0 Å². The van der Waals surface area contributed by atoms with Crippen LogP contribution < -0.4 is 5.32 Å². The lowest BCUT2D eigenvalue weighted by Gasteiger charge is -2.14. The van der Waals surface area contributed by atoms with Crippen molar-refractivity contribution >= 4 is 11.8 Å². The van der Waals surface area contributed by atoms with E-state index in [0.29, 0.717) is 18.1 Å². The number of rotatable bonds is 4. The van der Waals surface area contributed by atoms with Crippen LogP contribution in [0.4, 0.5) is 0 Å². The highest BCUT2D eigenvalue weighted by molar-refractivity contribution is 5.92. The molecular weight excluding hydrogens is 246 g/mol. The molecular formula is C12H17N5O2. The lowest BCUT2D eigenvalue weighted by Crippen LogP contribution is -2.33. The number of carbonyl (C=O) groups is 1. The molecule has 2 aromatic heterocycles. The first kappa shape index (κ1) is 12.2. The average Bonchev–Trinajstić information content (AvgIpc) is 3.09. The fraction of sp³-hybridized carbons (Fsp3) is 0.583. The van der Waals surface area contributed by atoms with Crippen LogP contribution in [0.2, 0.25) is 0 Å². The monoisotopic (exact) mass is 263 g/mol. The smallest absolute Gasteiger partial charge is 0.325 e. The standard InChI is InChI=1S/C12H17N5O2/c1-9-10(19-12-14-8-15-17(9)12)11(18)13-4-7-16-5-2-3-6-16/h8H,2-7H2,1H3,(H,13,18). The average molecular weight is 263 g/mol. The van der Waals surface area contributed by atoms with Crippen LogP contribution in [0.5, 0.6) is 0 Å². The van der Waals surface area contributed by atoms with E-state index in [0.717, 1.165) is 19.6 Å². The lowest BCUT2D eigenvalue weighted by atomic mass is 10.3. The molecule has 1 aliphatic heterocycles. The molecule has 1 aliphatic rings. The molecule has 7 heteroatoms. The van der Waals surface area contributed by atoms with Gasteiger partial charge in [-0.15, -0.1) is 0 Å². The van der Waals surface area contributed by atoms with Crippen molar-refractivity contribution in [3.8, 4) is 0 Å². The third-order valence-corrected chi connectivity index (χ3v) is 3.47. The van der Waals surface area contributed by atoms with Crippen LogP contribution in [0.25, 0.3) is 5.84 Å². The van der Waals surface area contributed by atoms with Crippen molar-refractivity contribution in [1.82, 2.24) is 24.8 Å². The molecule has 3 heterocycles. The fourth-order valence-corrected chi connectivity index (χ4v) is 2.42. The Morgan fingerprint density at radius 2 is 2.26 bits per heavy atom. The van der Waals surface area contributed by atoms with Crippen molar-refractivity contribution in [2.24, 2.45) is 0 Å². The van der Waals surface area contributed by atoms with Crippen molar-refractivity contribution < 1.29 is 9.21 Å². The molecule has 19 heavy (non-hydrogen) atoms. The van der Waals surface area contributed by atoms with Gasteiger partial charge in [0.1, 0.15) is 6.33 Å². The quantitative estimate of drug-likeness (QED) is 0.867. The highest BCUT2D eigenvalue weighted by atomic mass is 16.4. The fourth-order valence-electron chi connectivity index (χ4n) is 2.42. The number of nitrogens with one attached hydrogen (secondary N) is 1. The Morgan fingerprint density at radius 1 is 1.47 bits per heavy atom. The van der Waals surface area contributed by atoms with Gasteiger partial charge in [-0.3, -0.25) is 4.79 Å². The van der Waals surface area contributed by atoms with E-state index in [4.69, 9.17) is 4.42 Å². The van der Waals surface area contributed by atoms with Gasteiger partial charge in [0.05, 0.1) is 5.69 Å². The van der Waals surface area contributed by atoms with Crippen LogP contribution in [0, 0.1) is 6.92 Å². The second-order valence-electron chi connectivity index (χ2n) is 4.78. The summed E-state index contributed by atoms with van der Waals surface area (Å²) in [6, 6.07) is 0. The van der Waals surface area contributed by atoms with Gasteiger partial charge in [0.2, 0.25) is 5.76 Å². The summed E-state index contributed by atoms with van der Waals surface area (Å²) in [7, 11) is 0. The number of aryl methyl sites for hydroxylation is 1. The summed E-state index contributed by atoms with van der Waals surface area (Å²) in [4.78, 5) is 18.3. The maximum absolute atomic E-state index is 12.0. The first-order valence-corrected chi connectivity index (χ1v) is 6.55. The Morgan fingerprint density at radius 3 is 3.00 bits per heavy atom. The van der Waals surface area contributed by atoms with E-state index in [-0.39, 0.29) is 11.7 Å². The highest BCUT2D eigenvalue weighted by Crippen LogP contribution is 2.12. The topological polar surface area (TPSA) is 75.7 Å². The van der Waals surface area contributed by atoms with E-state index >= 15 is 0 Å². The van der Waals surface area contributed by atoms with E-state index in [1.165, 1.54) is 23.7 Å². The van der Waals surface area contributed by atoms with Gasteiger partial charge in [-0.2, -0.15) is 14.6 Å². The zero-order valence-electron chi connectivity index (χ0n) is 10.9. The molecule has 1 fully saturated rings. The number of likely N-dealkylation sites (tertiary alicyclic amines) is 1. The van der Waals surface area contributed by atoms with Crippen LogP contribution in [0.3, 0.4) is 0 Å². The SMILES string of the molecule is Cc1c(C(=O)NCCN2CCCC2)oc2ncnn12. The molecule has 0 spiro atoms. The maximum atomic E-state index is 12.0. The van der Waals surface area contributed by atoms with Gasteiger partial charge in [-0.05, 0) is 32.9 Å². The summed E-state index contributed by atoms with van der Waals surface area (Å²) in [5.41, 5.74) is 0.672. The first-order chi connectivity index (χ1) is 9.25. The van der Waals surface area contributed by atoms with Crippen LogP contribution in [0.15, 0.2) is 10.7 Å². The molecule has 7 nitrogen and oxygen atoms in total. The Balaban J connectivity index is 1.60. The lowest BCUT2D eigenvalue weighted by molar-refractivity contribution is 0.0923. The Kier molecular flexibility index (Phi) is 3.20. The molecule has 0 aromatic carbocycles. The molecule has 1 N–H and O–H groups in total. The highest BCUT2D eigenvalue weighted by Gasteiger charge is 2.19. The number of amides is 1. The second-order valence-corrected chi connectivity index (χ2v) is 4.78. The molecule has 3 rings (SSSR count). The largest absolute Gasteiger partial charge is 0.416 e. The molecule has 0 atom stereocenters. The first-order valence-electron chi connectivity index (χ1n) is 6.55. The molecule has 2 aromatic rings. The molecule has 0 radical (unpaired) electrons. The van der Waals surface area contributed by atoms with E-state index in [9.17, 15) is 4.79 Å². The van der Waals surface area contributed by atoms with Gasteiger partial charge in [-0.25, -0.2) is 0 Å². The molecule has 1 saturated heterocycles. The Bertz CT molecular complexity index is 582. The predicted molar refractivity (Wildman–Crippen MR) is 68.0 cm³/mol. The molecule has 102 valence electrons. The third kappa shape index (κ3) is 2.33. The summed E-state index contributed by atoms with van der Waals surface area (Å²) in [6.07, 6.45) is 3.92. The number of fused-ring (bicyclic) bond motifs is 1. The number of oxazole rings is 1. The van der Waals surface area contributed by atoms with E-state index in [2.05, 4.69) is 20.3 Å². The zero-order valence-corrected chi connectivity index (χ0v) is 10.9. The molecule has 0 aliphatic carbocycles. The van der Waals surface area contributed by atoms with Crippen molar-refractivity contribution in [2.45, 2.75) is 19.8 Å². The van der Waals surface area contributed by atoms with Crippen LogP contribution in [-0.2, 0) is 0 Å². The van der Waals surface area contributed by atoms with Crippen LogP contribution in [0.1, 0.15) is 29.1 Å². The van der Waals surface area contributed by atoms with E-state index < -0.39 is 0 Å². The molecule has 0 saturated carbocycles. The van der Waals surface area contributed by atoms with Gasteiger partial charge in [0.25, 0.3) is 5.91 Å². The molecule has 0 bridgehead atoms. The zero-order chi connectivity index (χ0) is 13.2. The summed E-state index contributed by atoms with van der Waals surface area (Å²) in [6.45, 7) is 5.58. The summed E-state index contributed by atoms with van der Waals surface area (Å²) >= 11 is 0. The van der Waals surface area contributed by atoms with Gasteiger partial charge < -0.3 is 14.6 Å². The maximum Gasteiger partial charge on any atom is 0.325 e. The number of nitrogens with zero attached hydrogens (tertiary/aromatic N) is 4. The minimum Gasteiger partial charge on any atom is -0.416 e. The summed E-state index contributed by atoms with van der Waals surface area (Å²) < 4.78 is 6.91. The van der Waals surface area contributed by atoms with Gasteiger partial charge >= 0.3 is 5.84 Å². The van der Waals surface area contributed by atoms with Crippen molar-refractivity contribution in [2.75, 3.05) is 26.2 Å². The number of hydrogen-bond donors (Lipinski definition) is 1. The number of aromatic nitrogens is 3. The molecule has 1 amide bonds. The van der Waals surface area contributed by atoms with E-state index in [1.807, 2.05) is 0 Å². The van der Waals surface area contributed by atoms with Gasteiger partial charge in [-0.1, -0.05) is 0 Å². The second kappa shape index (κ2) is 5.00. The van der Waals surface area contributed by atoms with Gasteiger partial charge in [0, 0.05) is 13.1 Å². The van der Waals surface area contributed by atoms with Gasteiger partial charge in [0.15, 0.2) is 0 Å². The predicted octanol–water partition coefficient (Wildman–Crippen LogP) is 0.456. The van der Waals surface area contributed by atoms with Crippen molar-refractivity contribution in [3.63, 3.8) is 0 Å². The summed E-state index contributed by atoms with van der Waals surface area (Å²) in [5, 5.41) is 6.86.